The van der Waals surface area contributed by atoms with E-state index >= 15 is 0 Å². The van der Waals surface area contributed by atoms with Gasteiger partial charge in [-0.15, -0.1) is 0 Å². The quantitative estimate of drug-likeness (QED) is 0.373. The van der Waals surface area contributed by atoms with Gasteiger partial charge < -0.3 is 0 Å². The zero-order valence-electron chi connectivity index (χ0n) is 11.5. The summed E-state index contributed by atoms with van der Waals surface area (Å²) in [7, 11) is 6.72. The van der Waals surface area contributed by atoms with Crippen LogP contribution < -0.4 is 0 Å². The van der Waals surface area contributed by atoms with Crippen LogP contribution in [0.2, 0.25) is 0 Å². The Morgan fingerprint density at radius 2 is 0.810 bits per heavy atom. The van der Waals surface area contributed by atoms with Crippen LogP contribution in [0.3, 0.4) is 0 Å². The van der Waals surface area contributed by atoms with Crippen LogP contribution in [0.1, 0.15) is 16.7 Å². The second-order valence-electron chi connectivity index (χ2n) is 4.94. The third-order valence-corrected chi connectivity index (χ3v) is 10.2. The summed E-state index contributed by atoms with van der Waals surface area (Å²) in [5.74, 6) is 0. The normalized spacial score (nSPS) is 11.1. The fourth-order valence-electron chi connectivity index (χ4n) is 2.73. The summed E-state index contributed by atoms with van der Waals surface area (Å²) >= 11 is -1.46. The number of benzene rings is 3. The topological polar surface area (TPSA) is 0 Å². The average molecular weight is 457 g/mol. The SMILES string of the molecule is [Cl][Hf][C](c1ccccc1)(c1ccccc1)c1ccccc1. The summed E-state index contributed by atoms with van der Waals surface area (Å²) in [5.41, 5.74) is 3.92. The number of halogens is 1. The van der Waals surface area contributed by atoms with Gasteiger partial charge in [-0.25, -0.2) is 0 Å². The predicted molar refractivity (Wildman–Crippen MR) is 85.1 cm³/mol. The molecule has 0 bridgehead atoms. The van der Waals surface area contributed by atoms with Gasteiger partial charge in [-0.1, -0.05) is 0 Å². The monoisotopic (exact) mass is 458 g/mol. The Morgan fingerprint density at radius 3 is 1.05 bits per heavy atom. The molecule has 0 saturated carbocycles. The molecule has 0 amide bonds. The van der Waals surface area contributed by atoms with Crippen molar-refractivity contribution in [2.75, 3.05) is 0 Å². The molecule has 0 aliphatic heterocycles. The summed E-state index contributed by atoms with van der Waals surface area (Å²) in [4.78, 5) is 0. The predicted octanol–water partition coefficient (Wildman–Crippen LogP) is 5.21. The molecule has 0 aromatic heterocycles. The molecule has 0 fully saturated rings. The summed E-state index contributed by atoms with van der Waals surface area (Å²) in [6.45, 7) is 0. The minimum absolute atomic E-state index is 0.120. The molecule has 0 radical (unpaired) electrons. The van der Waals surface area contributed by atoms with E-state index in [0.717, 1.165) is 0 Å². The van der Waals surface area contributed by atoms with Gasteiger partial charge in [0, 0.05) is 0 Å². The van der Waals surface area contributed by atoms with Gasteiger partial charge in [0.1, 0.15) is 0 Å². The van der Waals surface area contributed by atoms with Crippen molar-refractivity contribution in [2.24, 2.45) is 0 Å². The van der Waals surface area contributed by atoms with Crippen molar-refractivity contribution in [1.29, 1.82) is 0 Å². The number of hydrogen-bond acceptors (Lipinski definition) is 0. The van der Waals surface area contributed by atoms with Gasteiger partial charge in [0.2, 0.25) is 0 Å². The van der Waals surface area contributed by atoms with E-state index in [1.54, 1.807) is 0 Å². The van der Waals surface area contributed by atoms with Crippen LogP contribution in [0.15, 0.2) is 91.0 Å². The first-order valence-corrected chi connectivity index (χ1v) is 13.2. The van der Waals surface area contributed by atoms with Gasteiger partial charge in [-0.3, -0.25) is 0 Å². The van der Waals surface area contributed by atoms with Crippen molar-refractivity contribution in [3.63, 3.8) is 0 Å². The van der Waals surface area contributed by atoms with E-state index in [1.165, 1.54) is 16.7 Å². The molecule has 21 heavy (non-hydrogen) atoms. The first kappa shape index (κ1) is 14.7. The molecule has 0 aliphatic carbocycles. The molecule has 0 aliphatic rings. The summed E-state index contributed by atoms with van der Waals surface area (Å²) in [5, 5.41) is 0. The van der Waals surface area contributed by atoms with Gasteiger partial charge in [-0.2, -0.15) is 0 Å². The number of rotatable bonds is 4. The fraction of sp³-hybridized carbons (Fsp3) is 0.0526. The maximum atomic E-state index is 6.72. The zero-order valence-corrected chi connectivity index (χ0v) is 15.9. The van der Waals surface area contributed by atoms with Gasteiger partial charge >= 0.3 is 141 Å². The molecule has 0 atom stereocenters. The minimum atomic E-state index is -1.46. The average Bonchev–Trinajstić information content (AvgIpc) is 2.59. The van der Waals surface area contributed by atoms with Crippen LogP contribution in [-0.4, -0.2) is 0 Å². The maximum absolute atomic E-state index is 6.72. The van der Waals surface area contributed by atoms with Crippen LogP contribution >= 0.6 is 8.58 Å². The Morgan fingerprint density at radius 1 is 0.524 bits per heavy atom. The first-order valence-electron chi connectivity index (χ1n) is 6.92. The van der Waals surface area contributed by atoms with E-state index in [0.29, 0.717) is 0 Å². The molecule has 3 rings (SSSR count). The Kier molecular flexibility index (Phi) is 4.72. The van der Waals surface area contributed by atoms with Crippen LogP contribution in [0.4, 0.5) is 0 Å². The van der Waals surface area contributed by atoms with E-state index in [2.05, 4.69) is 91.0 Å². The van der Waals surface area contributed by atoms with Crippen LogP contribution in [0.5, 0.6) is 0 Å². The number of hydrogen-bond donors (Lipinski definition) is 0. The van der Waals surface area contributed by atoms with E-state index < -0.39 is 21.7 Å². The molecule has 0 unspecified atom stereocenters. The van der Waals surface area contributed by atoms with Crippen molar-refractivity contribution >= 4 is 8.58 Å². The molecule has 102 valence electrons. The van der Waals surface area contributed by atoms with Crippen LogP contribution in [-0.2, 0) is 24.9 Å². The molecule has 0 heterocycles. The Hall–Kier alpha value is -1.18. The first-order chi connectivity index (χ1) is 10.4. The van der Waals surface area contributed by atoms with Gasteiger partial charge in [0.25, 0.3) is 0 Å². The van der Waals surface area contributed by atoms with Crippen molar-refractivity contribution in [2.45, 2.75) is 3.17 Å². The standard InChI is InChI=1S/C19H15.ClH.Hf/c1-4-10-16(11-5-1)19(17-12-6-2-7-13-17)18-14-8-3-9-15-18;;/h1-15H;1H;/q;;+1/p-1. The summed E-state index contributed by atoms with van der Waals surface area (Å²) in [6, 6.07) is 32.0. The Bertz CT molecular complexity index is 584. The molecule has 2 heteroatoms. The zero-order chi connectivity index (χ0) is 14.5. The molecule has 0 spiro atoms. The van der Waals surface area contributed by atoms with Crippen LogP contribution in [0, 0.1) is 0 Å². The third kappa shape index (κ3) is 2.77. The van der Waals surface area contributed by atoms with E-state index in [1.807, 2.05) is 0 Å². The van der Waals surface area contributed by atoms with Crippen molar-refractivity contribution in [1.82, 2.24) is 0 Å². The van der Waals surface area contributed by atoms with E-state index in [4.69, 9.17) is 8.58 Å². The molecular formula is C19H15ClHf. The van der Waals surface area contributed by atoms with E-state index in [9.17, 15) is 0 Å². The molecular weight excluding hydrogens is 442 g/mol. The van der Waals surface area contributed by atoms with Crippen LogP contribution in [0.25, 0.3) is 0 Å². The Labute approximate surface area is 140 Å². The van der Waals surface area contributed by atoms with Crippen molar-refractivity contribution in [3.05, 3.63) is 108 Å². The van der Waals surface area contributed by atoms with Gasteiger partial charge in [0.15, 0.2) is 0 Å². The molecule has 0 saturated heterocycles. The Balaban J connectivity index is 2.29. The van der Waals surface area contributed by atoms with Gasteiger partial charge in [0.05, 0.1) is 0 Å². The second-order valence-corrected chi connectivity index (χ2v) is 9.86. The second kappa shape index (κ2) is 6.72. The van der Waals surface area contributed by atoms with E-state index in [-0.39, 0.29) is 3.17 Å². The van der Waals surface area contributed by atoms with Gasteiger partial charge in [-0.05, 0) is 0 Å². The molecule has 0 nitrogen and oxygen atoms in total. The van der Waals surface area contributed by atoms with Crippen molar-refractivity contribution in [3.8, 4) is 0 Å². The summed E-state index contributed by atoms with van der Waals surface area (Å²) < 4.78 is -0.120. The summed E-state index contributed by atoms with van der Waals surface area (Å²) in [6.07, 6.45) is 0. The van der Waals surface area contributed by atoms with Crippen molar-refractivity contribution < 1.29 is 21.7 Å². The molecule has 3 aromatic carbocycles. The molecule has 3 aromatic rings. The third-order valence-electron chi connectivity index (χ3n) is 3.76. The fourth-order valence-corrected chi connectivity index (χ4v) is 8.38. The molecule has 0 N–H and O–H groups in total.